The molecular weight excluding hydrogens is 360 g/mol. The maximum atomic E-state index is 12.4. The Balaban J connectivity index is 1.49. The highest BCUT2D eigenvalue weighted by molar-refractivity contribution is 6.35. The van der Waals surface area contributed by atoms with Gasteiger partial charge in [-0.05, 0) is 31.2 Å². The van der Waals surface area contributed by atoms with E-state index in [-0.39, 0.29) is 12.6 Å². The molecule has 3 aromatic rings. The van der Waals surface area contributed by atoms with Crippen LogP contribution in [0.3, 0.4) is 0 Å². The van der Waals surface area contributed by atoms with Crippen LogP contribution in [0, 0.1) is 6.92 Å². The van der Waals surface area contributed by atoms with Crippen LogP contribution in [0.4, 0.5) is 0 Å². The molecular formula is C18H13ClN2O5. The zero-order valence-corrected chi connectivity index (χ0v) is 14.3. The summed E-state index contributed by atoms with van der Waals surface area (Å²) < 4.78 is 16.0. The van der Waals surface area contributed by atoms with E-state index in [9.17, 15) is 9.59 Å². The van der Waals surface area contributed by atoms with Crippen LogP contribution in [-0.4, -0.2) is 18.6 Å². The maximum absolute atomic E-state index is 12.4. The number of hydrogen-bond acceptors (Lipinski definition) is 5. The van der Waals surface area contributed by atoms with Crippen molar-refractivity contribution in [3.63, 3.8) is 0 Å². The Labute approximate surface area is 152 Å². The molecule has 0 saturated carbocycles. The molecule has 2 amide bonds. The molecule has 0 atom stereocenters. The van der Waals surface area contributed by atoms with Gasteiger partial charge in [-0.2, -0.15) is 0 Å². The average Bonchev–Trinajstić information content (AvgIpc) is 3.24. The number of fused-ring (bicyclic) bond motifs is 2. The molecule has 2 N–H and O–H groups in total. The first-order chi connectivity index (χ1) is 12.5. The van der Waals surface area contributed by atoms with Crippen molar-refractivity contribution >= 4 is 34.4 Å². The van der Waals surface area contributed by atoms with Crippen LogP contribution in [0.15, 0.2) is 40.8 Å². The number of nitrogens with one attached hydrogen (secondary N) is 2. The second-order valence-electron chi connectivity index (χ2n) is 5.65. The number of hydrazine groups is 1. The maximum Gasteiger partial charge on any atom is 0.305 e. The van der Waals surface area contributed by atoms with Gasteiger partial charge in [0.1, 0.15) is 0 Å². The Morgan fingerprint density at radius 1 is 1.04 bits per heavy atom. The van der Waals surface area contributed by atoms with Crippen LogP contribution >= 0.6 is 11.6 Å². The average molecular weight is 373 g/mol. The number of benzene rings is 2. The molecule has 0 aliphatic carbocycles. The van der Waals surface area contributed by atoms with Gasteiger partial charge in [-0.25, -0.2) is 0 Å². The standard InChI is InChI=1S/C18H13ClN2O5/c1-9-11-3-2-4-12(19)16(11)26-15(9)18(23)21-20-17(22)10-5-6-13-14(7-10)25-8-24-13/h2-7H,8H2,1H3,(H,20,22)(H,21,23). The minimum absolute atomic E-state index is 0.0825. The van der Waals surface area contributed by atoms with E-state index < -0.39 is 11.8 Å². The molecule has 0 saturated heterocycles. The van der Waals surface area contributed by atoms with E-state index in [1.54, 1.807) is 31.2 Å². The lowest BCUT2D eigenvalue weighted by molar-refractivity contribution is 0.0831. The van der Waals surface area contributed by atoms with E-state index in [2.05, 4.69) is 10.9 Å². The fraction of sp³-hybridized carbons (Fsp3) is 0.111. The van der Waals surface area contributed by atoms with Crippen LogP contribution in [0.1, 0.15) is 26.5 Å². The fourth-order valence-corrected chi connectivity index (χ4v) is 2.92. The summed E-state index contributed by atoms with van der Waals surface area (Å²) in [6.45, 7) is 1.86. The van der Waals surface area contributed by atoms with Crippen molar-refractivity contribution in [1.29, 1.82) is 0 Å². The molecule has 8 heteroatoms. The number of para-hydroxylation sites is 1. The van der Waals surface area contributed by atoms with Gasteiger partial charge in [0, 0.05) is 16.5 Å². The Bertz CT molecular complexity index is 1040. The predicted octanol–water partition coefficient (Wildman–Crippen LogP) is 3.20. The van der Waals surface area contributed by atoms with Crippen molar-refractivity contribution < 1.29 is 23.5 Å². The van der Waals surface area contributed by atoms with E-state index in [0.717, 1.165) is 5.39 Å². The Kier molecular flexibility index (Phi) is 3.93. The van der Waals surface area contributed by atoms with Crippen LogP contribution in [0.2, 0.25) is 5.02 Å². The third kappa shape index (κ3) is 2.72. The van der Waals surface area contributed by atoms with Gasteiger partial charge in [0.2, 0.25) is 6.79 Å². The van der Waals surface area contributed by atoms with Crippen LogP contribution in [0.5, 0.6) is 11.5 Å². The largest absolute Gasteiger partial charge is 0.454 e. The summed E-state index contributed by atoms with van der Waals surface area (Å²) in [4.78, 5) is 24.6. The molecule has 4 rings (SSSR count). The van der Waals surface area contributed by atoms with E-state index in [1.165, 1.54) is 6.07 Å². The summed E-state index contributed by atoms with van der Waals surface area (Å²) in [6, 6.07) is 10.00. The van der Waals surface area contributed by atoms with Gasteiger partial charge in [-0.3, -0.25) is 20.4 Å². The van der Waals surface area contributed by atoms with Gasteiger partial charge in [0.25, 0.3) is 5.91 Å². The number of rotatable bonds is 2. The molecule has 26 heavy (non-hydrogen) atoms. The van der Waals surface area contributed by atoms with E-state index >= 15 is 0 Å². The van der Waals surface area contributed by atoms with Crippen LogP contribution in [0.25, 0.3) is 11.0 Å². The molecule has 132 valence electrons. The number of furan rings is 1. The summed E-state index contributed by atoms with van der Waals surface area (Å²) in [5.74, 6) is 0.0542. The summed E-state index contributed by atoms with van der Waals surface area (Å²) >= 11 is 6.08. The molecule has 1 aliphatic heterocycles. The van der Waals surface area contributed by atoms with Gasteiger partial charge in [0.15, 0.2) is 22.8 Å². The zero-order valence-electron chi connectivity index (χ0n) is 13.6. The topological polar surface area (TPSA) is 89.8 Å². The normalized spacial score (nSPS) is 12.2. The SMILES string of the molecule is Cc1c(C(=O)NNC(=O)c2ccc3c(c2)OCO3)oc2c(Cl)cccc12. The Morgan fingerprint density at radius 2 is 1.81 bits per heavy atom. The number of carbonyl (C=O) groups is 2. The van der Waals surface area contributed by atoms with Crippen molar-refractivity contribution in [3.05, 3.63) is 58.3 Å². The number of amides is 2. The second-order valence-corrected chi connectivity index (χ2v) is 6.06. The monoisotopic (exact) mass is 372 g/mol. The highest BCUT2D eigenvalue weighted by atomic mass is 35.5. The lowest BCUT2D eigenvalue weighted by Crippen LogP contribution is -2.41. The first-order valence-corrected chi connectivity index (χ1v) is 8.10. The van der Waals surface area contributed by atoms with Crippen molar-refractivity contribution in [1.82, 2.24) is 10.9 Å². The molecule has 7 nitrogen and oxygen atoms in total. The molecule has 2 aromatic carbocycles. The summed E-state index contributed by atoms with van der Waals surface area (Å²) in [7, 11) is 0. The van der Waals surface area contributed by atoms with Crippen LogP contribution in [-0.2, 0) is 0 Å². The van der Waals surface area contributed by atoms with Crippen molar-refractivity contribution in [2.24, 2.45) is 0 Å². The predicted molar refractivity (Wildman–Crippen MR) is 93.5 cm³/mol. The van der Waals surface area contributed by atoms with Gasteiger partial charge in [-0.1, -0.05) is 23.7 Å². The number of hydrogen-bond donors (Lipinski definition) is 2. The molecule has 0 spiro atoms. The summed E-state index contributed by atoms with van der Waals surface area (Å²) in [5, 5.41) is 1.15. The van der Waals surface area contributed by atoms with Crippen molar-refractivity contribution in [2.75, 3.05) is 6.79 Å². The van der Waals surface area contributed by atoms with E-state index in [1.807, 2.05) is 6.07 Å². The second kappa shape index (κ2) is 6.27. The van der Waals surface area contributed by atoms with Gasteiger partial charge in [-0.15, -0.1) is 0 Å². The van der Waals surface area contributed by atoms with E-state index in [0.29, 0.717) is 33.2 Å². The highest BCUT2D eigenvalue weighted by Crippen LogP contribution is 2.32. The summed E-state index contributed by atoms with van der Waals surface area (Å²) in [5.41, 5.74) is 6.07. The Morgan fingerprint density at radius 3 is 2.62 bits per heavy atom. The minimum atomic E-state index is -0.580. The van der Waals surface area contributed by atoms with Gasteiger partial charge < -0.3 is 13.9 Å². The molecule has 0 unspecified atom stereocenters. The molecule has 1 aromatic heterocycles. The zero-order chi connectivity index (χ0) is 18.3. The third-order valence-corrected chi connectivity index (χ3v) is 4.34. The quantitative estimate of drug-likeness (QED) is 0.674. The number of ether oxygens (including phenoxy) is 2. The highest BCUT2D eigenvalue weighted by Gasteiger charge is 2.20. The first-order valence-electron chi connectivity index (χ1n) is 7.72. The number of halogens is 1. The fourth-order valence-electron chi connectivity index (χ4n) is 2.71. The molecule has 0 bridgehead atoms. The number of carbonyl (C=O) groups excluding carboxylic acids is 2. The van der Waals surface area contributed by atoms with Gasteiger partial charge in [0.05, 0.1) is 5.02 Å². The lowest BCUT2D eigenvalue weighted by Gasteiger charge is -2.07. The van der Waals surface area contributed by atoms with Crippen LogP contribution < -0.4 is 20.3 Å². The third-order valence-electron chi connectivity index (χ3n) is 4.05. The Hall–Kier alpha value is -3.19. The van der Waals surface area contributed by atoms with Gasteiger partial charge >= 0.3 is 5.91 Å². The van der Waals surface area contributed by atoms with Crippen molar-refractivity contribution in [3.8, 4) is 11.5 Å². The molecule has 1 aliphatic rings. The smallest absolute Gasteiger partial charge is 0.305 e. The first kappa shape index (κ1) is 16.3. The number of aryl methyl sites for hydroxylation is 1. The summed E-state index contributed by atoms with van der Waals surface area (Å²) in [6.07, 6.45) is 0. The van der Waals surface area contributed by atoms with Crippen molar-refractivity contribution in [2.45, 2.75) is 6.92 Å². The lowest BCUT2D eigenvalue weighted by atomic mass is 10.1. The van der Waals surface area contributed by atoms with E-state index in [4.69, 9.17) is 25.5 Å². The minimum Gasteiger partial charge on any atom is -0.454 e. The molecule has 2 heterocycles. The molecule has 0 fully saturated rings. The molecule has 0 radical (unpaired) electrons.